The van der Waals surface area contributed by atoms with Gasteiger partial charge in [0.15, 0.2) is 11.6 Å². The second-order valence-corrected chi connectivity index (χ2v) is 8.98. The van der Waals surface area contributed by atoms with Crippen LogP contribution in [-0.4, -0.2) is 18.7 Å². The first-order valence-corrected chi connectivity index (χ1v) is 12.4. The highest BCUT2D eigenvalue weighted by Gasteiger charge is 2.11. The molecule has 0 amide bonds. The van der Waals surface area contributed by atoms with Gasteiger partial charge in [-0.15, -0.1) is 0 Å². The van der Waals surface area contributed by atoms with Crippen LogP contribution in [0.25, 0.3) is 0 Å². The van der Waals surface area contributed by atoms with Crippen molar-refractivity contribution in [2.75, 3.05) is 7.11 Å². The Kier molecular flexibility index (Phi) is 7.51. The summed E-state index contributed by atoms with van der Waals surface area (Å²) in [6.07, 6.45) is 0. The number of benzene rings is 5. The first-order valence-electron chi connectivity index (χ1n) is 12.4. The van der Waals surface area contributed by atoms with Crippen LogP contribution in [0, 0.1) is 6.92 Å². The molecular formula is C34H26O5. The molecule has 39 heavy (non-hydrogen) atoms. The summed E-state index contributed by atoms with van der Waals surface area (Å²) < 4.78 is 16.9. The molecule has 5 rings (SSSR count). The maximum Gasteiger partial charge on any atom is 0.193 e. The minimum absolute atomic E-state index is 0.0373. The number of hydrogen-bond acceptors (Lipinski definition) is 5. The smallest absolute Gasteiger partial charge is 0.193 e. The van der Waals surface area contributed by atoms with Crippen LogP contribution in [0.5, 0.6) is 28.7 Å². The minimum Gasteiger partial charge on any atom is -0.497 e. The van der Waals surface area contributed by atoms with Gasteiger partial charge >= 0.3 is 0 Å². The molecule has 0 unspecified atom stereocenters. The molecule has 0 bridgehead atoms. The Morgan fingerprint density at radius 3 is 0.974 bits per heavy atom. The molecule has 0 spiro atoms. The maximum absolute atomic E-state index is 13.0. The van der Waals surface area contributed by atoms with E-state index >= 15 is 0 Å². The summed E-state index contributed by atoms with van der Waals surface area (Å²) in [7, 11) is 1.61. The van der Waals surface area contributed by atoms with Gasteiger partial charge in [-0.3, -0.25) is 9.59 Å². The number of carbonyl (C=O) groups is 2. The molecule has 5 aromatic carbocycles. The summed E-state index contributed by atoms with van der Waals surface area (Å²) in [6, 6.07) is 35.8. The molecule has 5 aromatic rings. The summed E-state index contributed by atoms with van der Waals surface area (Å²) in [6.45, 7) is 1.99. The third-order valence-corrected chi connectivity index (χ3v) is 6.19. The molecule has 0 aromatic heterocycles. The Morgan fingerprint density at radius 2 is 0.667 bits per heavy atom. The van der Waals surface area contributed by atoms with E-state index in [1.54, 1.807) is 79.9 Å². The molecule has 192 valence electrons. The van der Waals surface area contributed by atoms with Crippen molar-refractivity contribution in [1.29, 1.82) is 0 Å². The van der Waals surface area contributed by atoms with E-state index in [1.165, 1.54) is 0 Å². The molecule has 0 aliphatic heterocycles. The van der Waals surface area contributed by atoms with E-state index in [9.17, 15) is 9.59 Å². The lowest BCUT2D eigenvalue weighted by Crippen LogP contribution is -2.01. The minimum atomic E-state index is -0.100. The van der Waals surface area contributed by atoms with E-state index in [1.807, 2.05) is 55.5 Å². The molecule has 0 aliphatic rings. The van der Waals surface area contributed by atoms with Gasteiger partial charge in [-0.2, -0.15) is 0 Å². The van der Waals surface area contributed by atoms with Crippen LogP contribution in [0.4, 0.5) is 0 Å². The summed E-state index contributed by atoms with van der Waals surface area (Å²) in [4.78, 5) is 25.6. The second-order valence-electron chi connectivity index (χ2n) is 8.98. The van der Waals surface area contributed by atoms with Crippen molar-refractivity contribution >= 4 is 11.6 Å². The van der Waals surface area contributed by atoms with Crippen LogP contribution < -0.4 is 14.2 Å². The van der Waals surface area contributed by atoms with Crippen molar-refractivity contribution in [2.45, 2.75) is 6.92 Å². The first-order chi connectivity index (χ1) is 19.0. The highest BCUT2D eigenvalue weighted by atomic mass is 16.5. The van der Waals surface area contributed by atoms with E-state index in [2.05, 4.69) is 0 Å². The van der Waals surface area contributed by atoms with Crippen molar-refractivity contribution in [3.05, 3.63) is 149 Å². The number of carbonyl (C=O) groups excluding carboxylic acids is 2. The Morgan fingerprint density at radius 1 is 0.410 bits per heavy atom. The van der Waals surface area contributed by atoms with Gasteiger partial charge in [0.05, 0.1) is 7.11 Å². The van der Waals surface area contributed by atoms with E-state index in [0.717, 1.165) is 11.3 Å². The highest BCUT2D eigenvalue weighted by Crippen LogP contribution is 2.26. The van der Waals surface area contributed by atoms with Crippen LogP contribution >= 0.6 is 0 Å². The van der Waals surface area contributed by atoms with Gasteiger partial charge in [-0.1, -0.05) is 29.8 Å². The fourth-order valence-electron chi connectivity index (χ4n) is 3.98. The predicted molar refractivity (Wildman–Crippen MR) is 151 cm³/mol. The Labute approximate surface area is 227 Å². The number of rotatable bonds is 9. The number of ether oxygens (including phenoxy) is 3. The zero-order valence-corrected chi connectivity index (χ0v) is 21.6. The molecule has 5 heteroatoms. The lowest BCUT2D eigenvalue weighted by Gasteiger charge is -2.09. The Balaban J connectivity index is 1.19. The molecule has 0 radical (unpaired) electrons. The summed E-state index contributed by atoms with van der Waals surface area (Å²) in [5.74, 6) is 3.11. The number of methoxy groups -OCH3 is 1. The second kappa shape index (κ2) is 11.5. The fraction of sp³-hybridized carbons (Fsp3) is 0.0588. The molecule has 0 aliphatic carbocycles. The molecule has 0 fully saturated rings. The number of aryl methyl sites for hydroxylation is 1. The SMILES string of the molecule is COc1ccc(Oc2ccc(C(=O)c3ccc(Oc4ccc(C(=O)c5ccc(C)cc5)cc4)cc3)cc2)cc1. The summed E-state index contributed by atoms with van der Waals surface area (Å²) in [5.41, 5.74) is 3.45. The van der Waals surface area contributed by atoms with Crippen molar-refractivity contribution in [3.63, 3.8) is 0 Å². The largest absolute Gasteiger partial charge is 0.497 e. The van der Waals surface area contributed by atoms with Crippen molar-refractivity contribution < 1.29 is 23.8 Å². The first kappa shape index (κ1) is 25.5. The van der Waals surface area contributed by atoms with Crippen LogP contribution in [-0.2, 0) is 0 Å². The Bertz CT molecular complexity index is 1570. The zero-order valence-electron chi connectivity index (χ0n) is 21.6. The van der Waals surface area contributed by atoms with Gasteiger partial charge in [0, 0.05) is 22.3 Å². The molecule has 0 atom stereocenters. The van der Waals surface area contributed by atoms with Crippen molar-refractivity contribution in [3.8, 4) is 28.7 Å². The van der Waals surface area contributed by atoms with E-state index < -0.39 is 0 Å². The molecule has 0 N–H and O–H groups in total. The van der Waals surface area contributed by atoms with Crippen LogP contribution in [0.15, 0.2) is 121 Å². The monoisotopic (exact) mass is 514 g/mol. The molecule has 0 saturated heterocycles. The van der Waals surface area contributed by atoms with Crippen LogP contribution in [0.3, 0.4) is 0 Å². The van der Waals surface area contributed by atoms with E-state index in [4.69, 9.17) is 14.2 Å². The van der Waals surface area contributed by atoms with Crippen molar-refractivity contribution in [2.24, 2.45) is 0 Å². The topological polar surface area (TPSA) is 61.8 Å². The zero-order chi connectivity index (χ0) is 27.2. The number of ketones is 2. The van der Waals surface area contributed by atoms with Gasteiger partial charge in [0.25, 0.3) is 0 Å². The summed E-state index contributed by atoms with van der Waals surface area (Å²) >= 11 is 0. The lowest BCUT2D eigenvalue weighted by atomic mass is 10.0. The van der Waals surface area contributed by atoms with Crippen molar-refractivity contribution in [1.82, 2.24) is 0 Å². The standard InChI is InChI=1S/C34H26O5/c1-23-3-5-24(6-4-23)33(35)25-7-13-29(14-8-25)38-30-15-9-26(10-16-30)34(36)27-11-17-31(18-12-27)39-32-21-19-28(37-2)20-22-32/h3-22H,1-2H3. The quantitative estimate of drug-likeness (QED) is 0.186. The maximum atomic E-state index is 13.0. The van der Waals surface area contributed by atoms with Gasteiger partial charge in [-0.25, -0.2) is 0 Å². The normalized spacial score (nSPS) is 10.5. The average Bonchev–Trinajstić information content (AvgIpc) is 2.98. The fourth-order valence-corrected chi connectivity index (χ4v) is 3.98. The average molecular weight is 515 g/mol. The lowest BCUT2D eigenvalue weighted by molar-refractivity contribution is 0.103. The molecule has 5 nitrogen and oxygen atoms in total. The number of hydrogen-bond donors (Lipinski definition) is 0. The summed E-state index contributed by atoms with van der Waals surface area (Å²) in [5, 5.41) is 0. The molecular weight excluding hydrogens is 488 g/mol. The van der Waals surface area contributed by atoms with Gasteiger partial charge in [0.2, 0.25) is 0 Å². The molecule has 0 saturated carbocycles. The van der Waals surface area contributed by atoms with Crippen LogP contribution in [0.1, 0.15) is 37.4 Å². The predicted octanol–water partition coefficient (Wildman–Crippen LogP) is 8.05. The highest BCUT2D eigenvalue weighted by molar-refractivity contribution is 6.09. The third kappa shape index (κ3) is 6.22. The van der Waals surface area contributed by atoms with E-state index in [0.29, 0.717) is 45.3 Å². The molecule has 0 heterocycles. The van der Waals surface area contributed by atoms with E-state index in [-0.39, 0.29) is 11.6 Å². The third-order valence-electron chi connectivity index (χ3n) is 6.19. The van der Waals surface area contributed by atoms with Gasteiger partial charge < -0.3 is 14.2 Å². The van der Waals surface area contributed by atoms with Crippen LogP contribution in [0.2, 0.25) is 0 Å². The van der Waals surface area contributed by atoms with Gasteiger partial charge in [0.1, 0.15) is 28.7 Å². The van der Waals surface area contributed by atoms with Gasteiger partial charge in [-0.05, 0) is 104 Å². The Hall–Kier alpha value is -5.16.